The summed E-state index contributed by atoms with van der Waals surface area (Å²) < 4.78 is 10.2. The molecule has 2 aromatic rings. The van der Waals surface area contributed by atoms with Gasteiger partial charge in [0, 0.05) is 6.54 Å². The van der Waals surface area contributed by atoms with E-state index in [9.17, 15) is 9.59 Å². The summed E-state index contributed by atoms with van der Waals surface area (Å²) in [5.41, 5.74) is 2.51. The number of methoxy groups -OCH3 is 1. The molecule has 0 bridgehead atoms. The van der Waals surface area contributed by atoms with Gasteiger partial charge in [0.1, 0.15) is 5.75 Å². The van der Waals surface area contributed by atoms with Crippen LogP contribution in [0.4, 0.5) is 0 Å². The third-order valence-electron chi connectivity index (χ3n) is 3.97. The van der Waals surface area contributed by atoms with E-state index in [2.05, 4.69) is 26.1 Å². The maximum atomic E-state index is 12.0. The molecule has 0 aliphatic rings. The first-order valence-electron chi connectivity index (χ1n) is 8.47. The Labute approximate surface area is 154 Å². The molecule has 5 nitrogen and oxygen atoms in total. The molecular weight excluding hydrogens is 330 g/mol. The standard InChI is InChI=1S/C21H25NO4/c1-21(2,3)17-9-7-16(8-10-17)20(24)26-14-19(23)22-13-15-5-11-18(25-4)12-6-15/h5-12H,13-14H2,1-4H3,(H,22,23). The molecule has 1 N–H and O–H groups in total. The highest BCUT2D eigenvalue weighted by Crippen LogP contribution is 2.22. The minimum Gasteiger partial charge on any atom is -0.497 e. The lowest BCUT2D eigenvalue weighted by Crippen LogP contribution is -2.28. The molecule has 2 aromatic carbocycles. The van der Waals surface area contributed by atoms with Crippen molar-refractivity contribution < 1.29 is 19.1 Å². The third-order valence-corrected chi connectivity index (χ3v) is 3.97. The van der Waals surface area contributed by atoms with Gasteiger partial charge in [-0.3, -0.25) is 4.79 Å². The number of carbonyl (C=O) groups excluding carboxylic acids is 2. The quantitative estimate of drug-likeness (QED) is 0.806. The van der Waals surface area contributed by atoms with Gasteiger partial charge >= 0.3 is 5.97 Å². The number of hydrogen-bond acceptors (Lipinski definition) is 4. The van der Waals surface area contributed by atoms with Crippen LogP contribution in [0.5, 0.6) is 5.75 Å². The average Bonchev–Trinajstić information content (AvgIpc) is 2.64. The molecule has 0 saturated heterocycles. The first-order chi connectivity index (χ1) is 12.3. The van der Waals surface area contributed by atoms with E-state index in [1.165, 1.54) is 0 Å². The fourth-order valence-electron chi connectivity index (χ4n) is 2.32. The van der Waals surface area contributed by atoms with Crippen molar-refractivity contribution in [2.75, 3.05) is 13.7 Å². The molecule has 0 atom stereocenters. The summed E-state index contributed by atoms with van der Waals surface area (Å²) >= 11 is 0. The highest BCUT2D eigenvalue weighted by molar-refractivity contribution is 5.91. The van der Waals surface area contributed by atoms with Crippen molar-refractivity contribution in [3.05, 3.63) is 65.2 Å². The highest BCUT2D eigenvalue weighted by Gasteiger charge is 2.15. The van der Waals surface area contributed by atoms with Crippen LogP contribution in [0, 0.1) is 0 Å². The summed E-state index contributed by atoms with van der Waals surface area (Å²) in [6.07, 6.45) is 0. The summed E-state index contributed by atoms with van der Waals surface area (Å²) in [7, 11) is 1.60. The Bertz CT molecular complexity index is 743. The van der Waals surface area contributed by atoms with Crippen molar-refractivity contribution in [1.29, 1.82) is 0 Å². The fraction of sp³-hybridized carbons (Fsp3) is 0.333. The molecule has 26 heavy (non-hydrogen) atoms. The Hall–Kier alpha value is -2.82. The summed E-state index contributed by atoms with van der Waals surface area (Å²) in [6.45, 7) is 6.37. The molecule has 0 saturated carbocycles. The number of carbonyl (C=O) groups is 2. The second kappa shape index (κ2) is 8.52. The summed E-state index contributed by atoms with van der Waals surface area (Å²) in [5.74, 6) is -0.1000. The van der Waals surface area contributed by atoms with E-state index in [1.807, 2.05) is 36.4 Å². The molecule has 0 aromatic heterocycles. The van der Waals surface area contributed by atoms with E-state index in [-0.39, 0.29) is 17.9 Å². The third kappa shape index (κ3) is 5.62. The molecule has 0 aliphatic carbocycles. The zero-order valence-corrected chi connectivity index (χ0v) is 15.7. The molecule has 0 unspecified atom stereocenters. The van der Waals surface area contributed by atoms with Crippen LogP contribution in [0.2, 0.25) is 0 Å². The van der Waals surface area contributed by atoms with Gasteiger partial charge in [-0.05, 0) is 40.8 Å². The van der Waals surface area contributed by atoms with E-state index in [1.54, 1.807) is 19.2 Å². The van der Waals surface area contributed by atoms with Crippen molar-refractivity contribution >= 4 is 11.9 Å². The highest BCUT2D eigenvalue weighted by atomic mass is 16.5. The Morgan fingerprint density at radius 2 is 1.58 bits per heavy atom. The molecule has 0 radical (unpaired) electrons. The number of amides is 1. The second-order valence-corrected chi connectivity index (χ2v) is 7.03. The molecule has 0 fully saturated rings. The Balaban J connectivity index is 1.79. The van der Waals surface area contributed by atoms with Crippen molar-refractivity contribution in [3.63, 3.8) is 0 Å². The van der Waals surface area contributed by atoms with Crippen LogP contribution in [0.25, 0.3) is 0 Å². The Morgan fingerprint density at radius 3 is 2.12 bits per heavy atom. The largest absolute Gasteiger partial charge is 0.497 e. The molecular formula is C21H25NO4. The maximum Gasteiger partial charge on any atom is 0.338 e. The molecule has 0 aliphatic heterocycles. The smallest absolute Gasteiger partial charge is 0.338 e. The molecule has 138 valence electrons. The molecule has 2 rings (SSSR count). The van der Waals surface area contributed by atoms with Crippen molar-refractivity contribution in [3.8, 4) is 5.75 Å². The number of ether oxygens (including phenoxy) is 2. The van der Waals surface area contributed by atoms with Gasteiger partial charge in [0.15, 0.2) is 6.61 Å². The fourth-order valence-corrected chi connectivity index (χ4v) is 2.32. The van der Waals surface area contributed by atoms with Crippen LogP contribution in [0.15, 0.2) is 48.5 Å². The van der Waals surface area contributed by atoms with E-state index in [0.717, 1.165) is 16.9 Å². The lowest BCUT2D eigenvalue weighted by Gasteiger charge is -2.18. The zero-order chi connectivity index (χ0) is 19.2. The topological polar surface area (TPSA) is 64.6 Å². The van der Waals surface area contributed by atoms with Crippen LogP contribution in [0.1, 0.15) is 42.3 Å². The lowest BCUT2D eigenvalue weighted by atomic mass is 9.87. The zero-order valence-electron chi connectivity index (χ0n) is 15.7. The summed E-state index contributed by atoms with van der Waals surface area (Å²) in [5, 5.41) is 2.72. The first-order valence-corrected chi connectivity index (χ1v) is 8.47. The molecule has 0 heterocycles. The number of hydrogen-bond donors (Lipinski definition) is 1. The molecule has 1 amide bonds. The minimum atomic E-state index is -0.509. The SMILES string of the molecule is COc1ccc(CNC(=O)COC(=O)c2ccc(C(C)(C)C)cc2)cc1. The average molecular weight is 355 g/mol. The first kappa shape index (κ1) is 19.5. The van der Waals surface area contributed by atoms with Gasteiger partial charge in [0.05, 0.1) is 12.7 Å². The van der Waals surface area contributed by atoms with Gasteiger partial charge in [0.2, 0.25) is 0 Å². The van der Waals surface area contributed by atoms with Crippen LogP contribution in [0.3, 0.4) is 0 Å². The van der Waals surface area contributed by atoms with Gasteiger partial charge in [0.25, 0.3) is 5.91 Å². The Morgan fingerprint density at radius 1 is 0.962 bits per heavy atom. The maximum absolute atomic E-state index is 12.0. The van der Waals surface area contributed by atoms with Gasteiger partial charge in [-0.2, -0.15) is 0 Å². The lowest BCUT2D eigenvalue weighted by molar-refractivity contribution is -0.124. The monoisotopic (exact) mass is 355 g/mol. The Kier molecular flexibility index (Phi) is 6.39. The van der Waals surface area contributed by atoms with Crippen molar-refractivity contribution in [1.82, 2.24) is 5.32 Å². The molecule has 5 heteroatoms. The number of benzene rings is 2. The van der Waals surface area contributed by atoms with Gasteiger partial charge in [-0.1, -0.05) is 45.0 Å². The van der Waals surface area contributed by atoms with Crippen molar-refractivity contribution in [2.45, 2.75) is 32.7 Å². The van der Waals surface area contributed by atoms with Crippen LogP contribution >= 0.6 is 0 Å². The van der Waals surface area contributed by atoms with Crippen molar-refractivity contribution in [2.24, 2.45) is 0 Å². The van der Waals surface area contributed by atoms with Crippen LogP contribution in [-0.4, -0.2) is 25.6 Å². The van der Waals surface area contributed by atoms with Gasteiger partial charge < -0.3 is 14.8 Å². The predicted molar refractivity (Wildman–Crippen MR) is 100 cm³/mol. The summed E-state index contributed by atoms with van der Waals surface area (Å²) in [4.78, 5) is 23.9. The number of rotatable bonds is 6. The molecule has 0 spiro atoms. The number of nitrogens with one attached hydrogen (secondary N) is 1. The van der Waals surface area contributed by atoms with Gasteiger partial charge in [-0.25, -0.2) is 4.79 Å². The van der Waals surface area contributed by atoms with Gasteiger partial charge in [-0.15, -0.1) is 0 Å². The van der Waals surface area contributed by atoms with E-state index < -0.39 is 5.97 Å². The van der Waals surface area contributed by atoms with Crippen LogP contribution < -0.4 is 10.1 Å². The number of esters is 1. The second-order valence-electron chi connectivity index (χ2n) is 7.03. The van der Waals surface area contributed by atoms with Crippen LogP contribution in [-0.2, 0) is 21.5 Å². The predicted octanol–water partition coefficient (Wildman–Crippen LogP) is 3.47. The van der Waals surface area contributed by atoms with E-state index in [4.69, 9.17) is 9.47 Å². The normalized spacial score (nSPS) is 10.9. The van der Waals surface area contributed by atoms with E-state index in [0.29, 0.717) is 12.1 Å². The summed E-state index contributed by atoms with van der Waals surface area (Å²) in [6, 6.07) is 14.6. The minimum absolute atomic E-state index is 0.0176. The van der Waals surface area contributed by atoms with E-state index >= 15 is 0 Å².